The fraction of sp³-hybridized carbons (Fsp3) is 0.769. The first kappa shape index (κ1) is 16.5. The molecule has 0 spiro atoms. The number of methoxy groups -OCH3 is 1. The monoisotopic (exact) mass is 333 g/mol. The van der Waals surface area contributed by atoms with Crippen LogP contribution in [0.1, 0.15) is 26.2 Å². The first-order chi connectivity index (χ1) is 9.99. The highest BCUT2D eigenvalue weighted by atomic mass is 32.2. The van der Waals surface area contributed by atoms with Gasteiger partial charge in [0.1, 0.15) is 9.90 Å². The maximum Gasteiger partial charge on any atom is 0.185 e. The fourth-order valence-corrected chi connectivity index (χ4v) is 5.50. The van der Waals surface area contributed by atoms with Crippen LogP contribution in [0.2, 0.25) is 0 Å². The molecule has 0 aromatic carbocycles. The summed E-state index contributed by atoms with van der Waals surface area (Å²) in [4.78, 5) is 2.34. The molecule has 1 aliphatic rings. The van der Waals surface area contributed by atoms with E-state index in [1.54, 1.807) is 7.11 Å². The molecule has 0 atom stereocenters. The van der Waals surface area contributed by atoms with Crippen LogP contribution < -0.4 is 10.6 Å². The van der Waals surface area contributed by atoms with Gasteiger partial charge in [0.25, 0.3) is 0 Å². The fourth-order valence-electron chi connectivity index (χ4n) is 2.69. The summed E-state index contributed by atoms with van der Waals surface area (Å²) in [6.07, 6.45) is 2.57. The molecule has 1 fully saturated rings. The van der Waals surface area contributed by atoms with Crippen molar-refractivity contribution in [3.8, 4) is 0 Å². The predicted molar refractivity (Wildman–Crippen MR) is 85.7 cm³/mol. The van der Waals surface area contributed by atoms with E-state index in [4.69, 9.17) is 10.5 Å². The van der Waals surface area contributed by atoms with Gasteiger partial charge in [-0.05, 0) is 36.7 Å². The quantitative estimate of drug-likeness (QED) is 0.854. The lowest BCUT2D eigenvalue weighted by molar-refractivity contribution is 0.139. The maximum atomic E-state index is 12.4. The highest BCUT2D eigenvalue weighted by Crippen LogP contribution is 2.37. The summed E-state index contributed by atoms with van der Waals surface area (Å²) in [7, 11) is -1.63. The van der Waals surface area contributed by atoms with Crippen molar-refractivity contribution in [2.45, 2.75) is 31.1 Å². The highest BCUT2D eigenvalue weighted by Gasteiger charge is 2.30. The van der Waals surface area contributed by atoms with E-state index in [-0.39, 0.29) is 16.5 Å². The molecule has 2 N–H and O–H groups in total. The first-order valence-corrected chi connectivity index (χ1v) is 9.64. The topological polar surface area (TPSA) is 85.5 Å². The normalized spacial score (nSPS) is 17.3. The van der Waals surface area contributed by atoms with Crippen LogP contribution in [-0.4, -0.2) is 45.4 Å². The molecular weight excluding hydrogens is 310 g/mol. The Morgan fingerprint density at radius 3 is 2.67 bits per heavy atom. The zero-order chi connectivity index (χ0) is 15.5. The molecule has 0 bridgehead atoms. The van der Waals surface area contributed by atoms with Crippen LogP contribution in [-0.2, 0) is 14.6 Å². The van der Waals surface area contributed by atoms with Gasteiger partial charge in [-0.1, -0.05) is 6.92 Å². The Labute approximate surface area is 130 Å². The molecule has 0 amide bonds. The lowest BCUT2D eigenvalue weighted by atomic mass is 9.98. The van der Waals surface area contributed by atoms with Crippen LogP contribution in [0.25, 0.3) is 0 Å². The third-order valence-corrected chi connectivity index (χ3v) is 6.77. The third kappa shape index (κ3) is 3.67. The maximum absolute atomic E-state index is 12.4. The van der Waals surface area contributed by atoms with Crippen molar-refractivity contribution < 1.29 is 13.2 Å². The van der Waals surface area contributed by atoms with Gasteiger partial charge in [0.05, 0.1) is 5.75 Å². The van der Waals surface area contributed by atoms with Crippen molar-refractivity contribution in [1.82, 2.24) is 4.37 Å². The van der Waals surface area contributed by atoms with Crippen molar-refractivity contribution in [3.05, 3.63) is 0 Å². The SMILES string of the molecule is CCCS(=O)(=O)c1c(N)nsc1N1CCC(COC)CC1. The Morgan fingerprint density at radius 1 is 1.43 bits per heavy atom. The lowest BCUT2D eigenvalue weighted by Crippen LogP contribution is -2.35. The van der Waals surface area contributed by atoms with Gasteiger partial charge in [0.2, 0.25) is 0 Å². The van der Waals surface area contributed by atoms with Gasteiger partial charge < -0.3 is 15.4 Å². The summed E-state index contributed by atoms with van der Waals surface area (Å²) in [5, 5.41) is 0.705. The molecule has 0 unspecified atom stereocenters. The standard InChI is InChI=1S/C13H23N3O3S2/c1-3-8-21(17,18)11-12(14)15-20-13(11)16-6-4-10(5-7-16)9-19-2/h10H,3-9H2,1-2H3,(H2,14,15). The molecule has 8 heteroatoms. The van der Waals surface area contributed by atoms with Crippen molar-refractivity contribution in [3.63, 3.8) is 0 Å². The van der Waals surface area contributed by atoms with Gasteiger partial charge in [-0.2, -0.15) is 4.37 Å². The van der Waals surface area contributed by atoms with Gasteiger partial charge >= 0.3 is 0 Å². The number of nitrogens with zero attached hydrogens (tertiary/aromatic N) is 2. The zero-order valence-corrected chi connectivity index (χ0v) is 14.2. The third-order valence-electron chi connectivity index (χ3n) is 3.75. The summed E-state index contributed by atoms with van der Waals surface area (Å²) in [5.41, 5.74) is 5.81. The minimum atomic E-state index is -3.34. The number of hydrogen-bond donors (Lipinski definition) is 1. The van der Waals surface area contributed by atoms with Crippen LogP contribution >= 0.6 is 11.5 Å². The zero-order valence-electron chi connectivity index (χ0n) is 12.5. The number of piperidine rings is 1. The van der Waals surface area contributed by atoms with Gasteiger partial charge in [0.15, 0.2) is 15.7 Å². The smallest absolute Gasteiger partial charge is 0.185 e. The van der Waals surface area contributed by atoms with E-state index in [1.807, 2.05) is 6.92 Å². The van der Waals surface area contributed by atoms with Crippen LogP contribution in [0.5, 0.6) is 0 Å². The summed E-state index contributed by atoms with van der Waals surface area (Å²) in [6, 6.07) is 0. The molecule has 120 valence electrons. The highest BCUT2D eigenvalue weighted by molar-refractivity contribution is 7.91. The Hall–Kier alpha value is -0.860. The predicted octanol–water partition coefficient (Wildman–Crippen LogP) is 1.77. The van der Waals surface area contributed by atoms with Crippen LogP contribution in [0.15, 0.2) is 4.90 Å². The van der Waals surface area contributed by atoms with E-state index in [0.717, 1.165) is 32.5 Å². The van der Waals surface area contributed by atoms with E-state index in [0.29, 0.717) is 17.3 Å². The molecule has 1 aliphatic heterocycles. The van der Waals surface area contributed by atoms with E-state index >= 15 is 0 Å². The number of rotatable bonds is 6. The molecule has 0 radical (unpaired) electrons. The number of anilines is 2. The van der Waals surface area contributed by atoms with E-state index in [2.05, 4.69) is 9.27 Å². The summed E-state index contributed by atoms with van der Waals surface area (Å²) in [6.45, 7) is 4.26. The van der Waals surface area contributed by atoms with Crippen LogP contribution in [0.3, 0.4) is 0 Å². The van der Waals surface area contributed by atoms with Crippen molar-refractivity contribution >= 4 is 32.2 Å². The summed E-state index contributed by atoms with van der Waals surface area (Å²) >= 11 is 1.19. The molecular formula is C13H23N3O3S2. The Kier molecular flexibility index (Phi) is 5.45. The molecule has 21 heavy (non-hydrogen) atoms. The van der Waals surface area contributed by atoms with Gasteiger partial charge in [-0.25, -0.2) is 8.42 Å². The van der Waals surface area contributed by atoms with Crippen LogP contribution in [0.4, 0.5) is 10.8 Å². The number of ether oxygens (including phenoxy) is 1. The number of nitrogens with two attached hydrogens (primary N) is 1. The van der Waals surface area contributed by atoms with Gasteiger partial charge in [-0.15, -0.1) is 0 Å². The van der Waals surface area contributed by atoms with Crippen LogP contribution in [0, 0.1) is 5.92 Å². The Balaban J connectivity index is 2.19. The molecule has 1 saturated heterocycles. The Bertz CT molecular complexity index is 563. The number of hydrogen-bond acceptors (Lipinski definition) is 7. The molecule has 2 heterocycles. The molecule has 1 aromatic heterocycles. The minimum absolute atomic E-state index is 0.114. The van der Waals surface area contributed by atoms with E-state index in [9.17, 15) is 8.42 Å². The van der Waals surface area contributed by atoms with E-state index in [1.165, 1.54) is 11.5 Å². The largest absolute Gasteiger partial charge is 0.384 e. The Morgan fingerprint density at radius 2 is 2.10 bits per heavy atom. The number of nitrogen functional groups attached to an aromatic ring is 1. The summed E-state index contributed by atoms with van der Waals surface area (Å²) in [5.74, 6) is 0.803. The molecule has 6 nitrogen and oxygen atoms in total. The van der Waals surface area contributed by atoms with Crippen molar-refractivity contribution in [2.75, 3.05) is 43.2 Å². The number of sulfone groups is 1. The second kappa shape index (κ2) is 6.93. The van der Waals surface area contributed by atoms with E-state index < -0.39 is 9.84 Å². The number of aromatic nitrogens is 1. The average Bonchev–Trinajstić information content (AvgIpc) is 2.83. The minimum Gasteiger partial charge on any atom is -0.384 e. The molecule has 0 aliphatic carbocycles. The van der Waals surface area contributed by atoms with Gasteiger partial charge in [-0.3, -0.25) is 0 Å². The molecule has 1 aromatic rings. The molecule has 2 rings (SSSR count). The first-order valence-electron chi connectivity index (χ1n) is 7.21. The summed E-state index contributed by atoms with van der Waals surface area (Å²) < 4.78 is 34.0. The second-order valence-corrected chi connectivity index (χ2v) is 8.20. The average molecular weight is 333 g/mol. The lowest BCUT2D eigenvalue weighted by Gasteiger charge is -2.32. The van der Waals surface area contributed by atoms with Gasteiger partial charge in [0, 0.05) is 26.8 Å². The van der Waals surface area contributed by atoms with Crippen molar-refractivity contribution in [2.24, 2.45) is 5.92 Å². The molecule has 0 saturated carbocycles. The second-order valence-electron chi connectivity index (χ2n) is 5.41. The van der Waals surface area contributed by atoms with Crippen molar-refractivity contribution in [1.29, 1.82) is 0 Å².